The monoisotopic (exact) mass is 468 g/mol. The zero-order valence-corrected chi connectivity index (χ0v) is 22.4. The van der Waals surface area contributed by atoms with E-state index in [0.717, 1.165) is 38.5 Å². The lowest BCUT2D eigenvalue weighted by Gasteiger charge is -2.30. The van der Waals surface area contributed by atoms with Crippen LogP contribution < -0.4 is 0 Å². The van der Waals surface area contributed by atoms with Crippen LogP contribution in [0.2, 0.25) is 0 Å². The van der Waals surface area contributed by atoms with Gasteiger partial charge in [-0.15, -0.1) is 0 Å². The molecule has 4 heteroatoms. The average molecular weight is 469 g/mol. The molecular formula is C29H56O4. The van der Waals surface area contributed by atoms with Gasteiger partial charge in [0, 0.05) is 0 Å². The predicted molar refractivity (Wildman–Crippen MR) is 141 cm³/mol. The van der Waals surface area contributed by atoms with Crippen molar-refractivity contribution in [2.24, 2.45) is 0 Å². The van der Waals surface area contributed by atoms with E-state index in [-0.39, 0.29) is 0 Å². The van der Waals surface area contributed by atoms with Crippen molar-refractivity contribution in [3.63, 3.8) is 0 Å². The van der Waals surface area contributed by atoms with Crippen LogP contribution in [-0.2, 0) is 9.47 Å². The van der Waals surface area contributed by atoms with Gasteiger partial charge >= 0.3 is 0 Å². The van der Waals surface area contributed by atoms with E-state index in [1.807, 2.05) is 0 Å². The zero-order valence-electron chi connectivity index (χ0n) is 22.4. The molecule has 0 aliphatic rings. The van der Waals surface area contributed by atoms with E-state index in [2.05, 4.69) is 38.2 Å². The molecule has 0 saturated carbocycles. The number of hydrogen-bond donors (Lipinski definition) is 2. The largest absolute Gasteiger partial charge is 0.368 e. The minimum absolute atomic E-state index is 0.562. The highest BCUT2D eigenvalue weighted by Crippen LogP contribution is 2.20. The molecule has 196 valence electrons. The number of ether oxygens (including phenoxy) is 2. The van der Waals surface area contributed by atoms with Gasteiger partial charge in [0.1, 0.15) is 0 Å². The summed E-state index contributed by atoms with van der Waals surface area (Å²) < 4.78 is 11.3. The maximum atomic E-state index is 10.2. The third-order valence-corrected chi connectivity index (χ3v) is 5.77. The van der Waals surface area contributed by atoms with Crippen LogP contribution in [0.4, 0.5) is 0 Å². The highest BCUT2D eigenvalue weighted by molar-refractivity contribution is 4.82. The maximum absolute atomic E-state index is 10.2. The van der Waals surface area contributed by atoms with Gasteiger partial charge in [0.2, 0.25) is 0 Å². The molecule has 33 heavy (non-hydrogen) atoms. The molecule has 0 aliphatic carbocycles. The van der Waals surface area contributed by atoms with E-state index in [1.54, 1.807) is 13.8 Å². The van der Waals surface area contributed by atoms with Gasteiger partial charge < -0.3 is 19.7 Å². The minimum atomic E-state index is -1.01. The Kier molecular flexibility index (Phi) is 22.6. The van der Waals surface area contributed by atoms with Gasteiger partial charge in [-0.2, -0.15) is 0 Å². The van der Waals surface area contributed by atoms with Crippen LogP contribution in [0.1, 0.15) is 143 Å². The topological polar surface area (TPSA) is 58.9 Å². The number of rotatable bonds is 24. The fraction of sp³-hybridized carbons (Fsp3) is 0.862. The molecule has 0 aromatic heterocycles. The fourth-order valence-electron chi connectivity index (χ4n) is 3.82. The first-order valence-corrected chi connectivity index (χ1v) is 13.9. The van der Waals surface area contributed by atoms with E-state index in [9.17, 15) is 10.2 Å². The molecule has 0 heterocycles. The average Bonchev–Trinajstić information content (AvgIpc) is 2.75. The van der Waals surface area contributed by atoms with Crippen molar-refractivity contribution in [1.29, 1.82) is 0 Å². The smallest absolute Gasteiger partial charge is 0.169 e. The van der Waals surface area contributed by atoms with Crippen LogP contribution >= 0.6 is 0 Å². The van der Waals surface area contributed by atoms with Crippen LogP contribution in [0, 0.1) is 0 Å². The van der Waals surface area contributed by atoms with Gasteiger partial charge in [0.25, 0.3) is 0 Å². The minimum Gasteiger partial charge on any atom is -0.368 e. The van der Waals surface area contributed by atoms with Crippen LogP contribution in [0.25, 0.3) is 0 Å². The van der Waals surface area contributed by atoms with Crippen molar-refractivity contribution < 1.29 is 19.7 Å². The zero-order chi connectivity index (χ0) is 24.6. The molecule has 0 rings (SSSR count). The summed E-state index contributed by atoms with van der Waals surface area (Å²) in [5.74, 6) is -1.01. The summed E-state index contributed by atoms with van der Waals surface area (Å²) in [5, 5.41) is 20.3. The van der Waals surface area contributed by atoms with E-state index < -0.39 is 18.4 Å². The van der Waals surface area contributed by atoms with Gasteiger partial charge in [0.05, 0.1) is 0 Å². The maximum Gasteiger partial charge on any atom is 0.169 e. The Morgan fingerprint density at radius 2 is 0.879 bits per heavy atom. The molecule has 4 nitrogen and oxygen atoms in total. The lowest BCUT2D eigenvalue weighted by molar-refractivity contribution is -0.326. The SMILES string of the molecule is CCCCCCC/C=C/CCCC(O)OC(C)(C)OC(O)CCC/C=C/CCCCCCC. The third-order valence-electron chi connectivity index (χ3n) is 5.77. The van der Waals surface area contributed by atoms with Crippen molar-refractivity contribution in [2.45, 2.75) is 162 Å². The summed E-state index contributed by atoms with van der Waals surface area (Å²) in [7, 11) is 0. The van der Waals surface area contributed by atoms with Crippen molar-refractivity contribution >= 4 is 0 Å². The Morgan fingerprint density at radius 1 is 0.545 bits per heavy atom. The third kappa shape index (κ3) is 24.3. The molecule has 0 amide bonds. The molecule has 0 aliphatic heterocycles. The van der Waals surface area contributed by atoms with Crippen molar-refractivity contribution in [3.8, 4) is 0 Å². The van der Waals surface area contributed by atoms with E-state index in [1.165, 1.54) is 64.2 Å². The number of aliphatic hydroxyl groups is 2. The Bertz CT molecular complexity index is 419. The second-order valence-electron chi connectivity index (χ2n) is 9.76. The van der Waals surface area contributed by atoms with Crippen LogP contribution in [-0.4, -0.2) is 28.6 Å². The van der Waals surface area contributed by atoms with Crippen molar-refractivity contribution in [1.82, 2.24) is 0 Å². The molecule has 0 bridgehead atoms. The van der Waals surface area contributed by atoms with E-state index in [0.29, 0.717) is 12.8 Å². The molecule has 0 aromatic rings. The highest BCUT2D eigenvalue weighted by atomic mass is 16.8. The lowest BCUT2D eigenvalue weighted by atomic mass is 10.1. The summed E-state index contributed by atoms with van der Waals surface area (Å²) >= 11 is 0. The number of hydrogen-bond acceptors (Lipinski definition) is 4. The predicted octanol–water partition coefficient (Wildman–Crippen LogP) is 8.57. The van der Waals surface area contributed by atoms with Crippen LogP contribution in [0.3, 0.4) is 0 Å². The van der Waals surface area contributed by atoms with Crippen LogP contribution in [0.5, 0.6) is 0 Å². The first kappa shape index (κ1) is 32.3. The lowest BCUT2D eigenvalue weighted by Crippen LogP contribution is -2.37. The van der Waals surface area contributed by atoms with Gasteiger partial charge in [-0.05, 0) is 78.1 Å². The number of allylic oxidation sites excluding steroid dienone is 4. The summed E-state index contributed by atoms with van der Waals surface area (Å²) in [6.45, 7) is 7.97. The summed E-state index contributed by atoms with van der Waals surface area (Å²) in [6.07, 6.45) is 27.4. The fourth-order valence-corrected chi connectivity index (χ4v) is 3.82. The molecule has 0 saturated heterocycles. The first-order chi connectivity index (χ1) is 15.9. The molecule has 0 aromatic carbocycles. The Hall–Kier alpha value is -0.680. The summed E-state index contributed by atoms with van der Waals surface area (Å²) in [6, 6.07) is 0. The summed E-state index contributed by atoms with van der Waals surface area (Å²) in [5.41, 5.74) is 0. The number of unbranched alkanes of at least 4 members (excludes halogenated alkanes) is 12. The Balaban J connectivity index is 3.76. The summed E-state index contributed by atoms with van der Waals surface area (Å²) in [4.78, 5) is 0. The van der Waals surface area contributed by atoms with Gasteiger partial charge in [0.15, 0.2) is 18.4 Å². The van der Waals surface area contributed by atoms with Gasteiger partial charge in [-0.3, -0.25) is 0 Å². The quantitative estimate of drug-likeness (QED) is 0.0846. The standard InChI is InChI=1S/C29H56O4/c1-5-7-9-11-13-15-17-19-21-23-25-27(30)32-29(3,4)33-28(31)26-24-22-20-18-16-14-12-10-8-6-2/h17-20,27-28,30-31H,5-16,21-26H2,1-4H3/b19-17+,20-18+. The van der Waals surface area contributed by atoms with Gasteiger partial charge in [-0.1, -0.05) is 89.5 Å². The molecule has 0 fully saturated rings. The molecule has 2 atom stereocenters. The first-order valence-electron chi connectivity index (χ1n) is 13.9. The number of aliphatic hydroxyl groups excluding tert-OH is 2. The highest BCUT2D eigenvalue weighted by Gasteiger charge is 2.26. The Morgan fingerprint density at radius 3 is 1.24 bits per heavy atom. The molecule has 2 N–H and O–H groups in total. The molecular weight excluding hydrogens is 412 g/mol. The van der Waals surface area contributed by atoms with Crippen molar-refractivity contribution in [3.05, 3.63) is 24.3 Å². The van der Waals surface area contributed by atoms with Crippen molar-refractivity contribution in [2.75, 3.05) is 0 Å². The Labute approximate surface area is 205 Å². The molecule has 0 spiro atoms. The van der Waals surface area contributed by atoms with E-state index in [4.69, 9.17) is 9.47 Å². The van der Waals surface area contributed by atoms with E-state index >= 15 is 0 Å². The molecule has 2 unspecified atom stereocenters. The molecule has 0 radical (unpaired) electrons. The van der Waals surface area contributed by atoms with Crippen LogP contribution in [0.15, 0.2) is 24.3 Å². The second-order valence-corrected chi connectivity index (χ2v) is 9.76. The second kappa shape index (κ2) is 23.1. The van der Waals surface area contributed by atoms with Gasteiger partial charge in [-0.25, -0.2) is 0 Å². The normalized spacial score (nSPS) is 14.5.